The van der Waals surface area contributed by atoms with Crippen molar-refractivity contribution in [3.05, 3.63) is 36.3 Å². The number of rotatable bonds is 6. The number of aliphatic hydroxyl groups is 1. The van der Waals surface area contributed by atoms with Crippen molar-refractivity contribution in [2.24, 2.45) is 5.92 Å². The van der Waals surface area contributed by atoms with Gasteiger partial charge in [-0.1, -0.05) is 20.3 Å². The minimum Gasteiger partial charge on any atom is -0.388 e. The van der Waals surface area contributed by atoms with E-state index in [2.05, 4.69) is 20.3 Å². The van der Waals surface area contributed by atoms with Gasteiger partial charge in [0, 0.05) is 30.6 Å². The van der Waals surface area contributed by atoms with E-state index in [1.807, 2.05) is 13.8 Å². The standard InChI is InChI=1S/C17H21F3N4O/c1-4-11(2)16(3,25)10-22-14-9-13(17(18,19)20)23-15(24-14)12-5-7-21-8-6-12/h5-9,11,25H,4,10H2,1-3H3,(H,22,23,24). The Labute approximate surface area is 144 Å². The molecular weight excluding hydrogens is 333 g/mol. The van der Waals surface area contributed by atoms with Gasteiger partial charge in [0.2, 0.25) is 0 Å². The van der Waals surface area contributed by atoms with Crippen LogP contribution in [0.3, 0.4) is 0 Å². The SMILES string of the molecule is CCC(C)C(C)(O)CNc1cc(C(F)(F)F)nc(-c2ccncc2)n1. The van der Waals surface area contributed by atoms with Crippen molar-refractivity contribution in [3.8, 4) is 11.4 Å². The molecule has 2 aromatic rings. The molecule has 5 nitrogen and oxygen atoms in total. The largest absolute Gasteiger partial charge is 0.433 e. The van der Waals surface area contributed by atoms with Gasteiger partial charge in [0.15, 0.2) is 11.5 Å². The monoisotopic (exact) mass is 354 g/mol. The van der Waals surface area contributed by atoms with Crippen LogP contribution in [0.2, 0.25) is 0 Å². The summed E-state index contributed by atoms with van der Waals surface area (Å²) in [6.07, 6.45) is -0.936. The molecule has 2 heterocycles. The van der Waals surface area contributed by atoms with Crippen molar-refractivity contribution in [2.75, 3.05) is 11.9 Å². The zero-order chi connectivity index (χ0) is 18.7. The van der Waals surface area contributed by atoms with E-state index in [4.69, 9.17) is 0 Å². The molecule has 136 valence electrons. The molecule has 2 atom stereocenters. The lowest BCUT2D eigenvalue weighted by molar-refractivity contribution is -0.141. The quantitative estimate of drug-likeness (QED) is 0.826. The Morgan fingerprint density at radius 3 is 2.40 bits per heavy atom. The van der Waals surface area contributed by atoms with E-state index < -0.39 is 17.5 Å². The number of anilines is 1. The van der Waals surface area contributed by atoms with Crippen LogP contribution in [-0.4, -0.2) is 32.2 Å². The summed E-state index contributed by atoms with van der Waals surface area (Å²) < 4.78 is 39.4. The molecule has 2 aromatic heterocycles. The molecule has 2 unspecified atom stereocenters. The Balaban J connectivity index is 2.34. The van der Waals surface area contributed by atoms with Crippen LogP contribution in [0.1, 0.15) is 32.9 Å². The van der Waals surface area contributed by atoms with Gasteiger partial charge in [0.05, 0.1) is 5.60 Å². The molecule has 8 heteroatoms. The summed E-state index contributed by atoms with van der Waals surface area (Å²) in [5.41, 5.74) is -1.69. The maximum atomic E-state index is 13.1. The van der Waals surface area contributed by atoms with Crippen LogP contribution in [0.15, 0.2) is 30.6 Å². The highest BCUT2D eigenvalue weighted by Gasteiger charge is 2.34. The molecule has 0 bridgehead atoms. The molecule has 2 N–H and O–H groups in total. The Morgan fingerprint density at radius 1 is 1.20 bits per heavy atom. The summed E-state index contributed by atoms with van der Waals surface area (Å²) in [5.74, 6) is -0.0655. The first kappa shape index (κ1) is 19.1. The van der Waals surface area contributed by atoms with E-state index in [0.717, 1.165) is 12.5 Å². The summed E-state index contributed by atoms with van der Waals surface area (Å²) >= 11 is 0. The fourth-order valence-corrected chi connectivity index (χ4v) is 2.20. The van der Waals surface area contributed by atoms with Gasteiger partial charge in [0.1, 0.15) is 5.82 Å². The molecule has 0 spiro atoms. The van der Waals surface area contributed by atoms with Crippen molar-refractivity contribution >= 4 is 5.82 Å². The lowest BCUT2D eigenvalue weighted by atomic mass is 9.89. The number of aromatic nitrogens is 3. The van der Waals surface area contributed by atoms with Crippen LogP contribution in [0.4, 0.5) is 19.0 Å². The van der Waals surface area contributed by atoms with Gasteiger partial charge in [0.25, 0.3) is 0 Å². The van der Waals surface area contributed by atoms with Gasteiger partial charge in [-0.2, -0.15) is 13.2 Å². The van der Waals surface area contributed by atoms with E-state index in [0.29, 0.717) is 5.56 Å². The van der Waals surface area contributed by atoms with Gasteiger partial charge in [-0.15, -0.1) is 0 Å². The zero-order valence-electron chi connectivity index (χ0n) is 14.3. The molecule has 0 fully saturated rings. The van der Waals surface area contributed by atoms with Crippen LogP contribution in [0, 0.1) is 5.92 Å². The number of pyridine rings is 1. The molecule has 0 radical (unpaired) electrons. The van der Waals surface area contributed by atoms with Crippen molar-refractivity contribution < 1.29 is 18.3 Å². The normalized spacial score (nSPS) is 15.5. The highest BCUT2D eigenvalue weighted by atomic mass is 19.4. The minimum absolute atomic E-state index is 0.0118. The number of hydrogen-bond acceptors (Lipinski definition) is 5. The van der Waals surface area contributed by atoms with E-state index in [1.165, 1.54) is 24.5 Å². The molecule has 0 saturated carbocycles. The van der Waals surface area contributed by atoms with Crippen molar-refractivity contribution in [2.45, 2.75) is 39.0 Å². The van der Waals surface area contributed by atoms with Gasteiger partial charge >= 0.3 is 6.18 Å². The second-order valence-corrected chi connectivity index (χ2v) is 6.22. The average Bonchev–Trinajstić information content (AvgIpc) is 2.59. The predicted octanol–water partition coefficient (Wildman–Crippen LogP) is 3.77. The topological polar surface area (TPSA) is 70.9 Å². The smallest absolute Gasteiger partial charge is 0.388 e. The van der Waals surface area contributed by atoms with Crippen molar-refractivity contribution in [3.63, 3.8) is 0 Å². The first-order chi connectivity index (χ1) is 11.6. The molecule has 0 saturated heterocycles. The van der Waals surface area contributed by atoms with E-state index in [1.54, 1.807) is 6.92 Å². The third kappa shape index (κ3) is 4.88. The molecule has 0 aromatic carbocycles. The average molecular weight is 354 g/mol. The molecule has 0 aliphatic heterocycles. The number of alkyl halides is 3. The van der Waals surface area contributed by atoms with E-state index in [9.17, 15) is 18.3 Å². The summed E-state index contributed by atoms with van der Waals surface area (Å²) in [5, 5.41) is 13.2. The molecule has 0 aliphatic rings. The third-order valence-corrected chi connectivity index (χ3v) is 4.26. The maximum Gasteiger partial charge on any atom is 0.433 e. The van der Waals surface area contributed by atoms with Crippen LogP contribution in [-0.2, 0) is 6.18 Å². The Bertz CT molecular complexity index is 705. The second kappa shape index (κ2) is 7.35. The fourth-order valence-electron chi connectivity index (χ4n) is 2.20. The van der Waals surface area contributed by atoms with E-state index >= 15 is 0 Å². The highest BCUT2D eigenvalue weighted by molar-refractivity contribution is 5.57. The maximum absolute atomic E-state index is 13.1. The molecule has 0 aliphatic carbocycles. The number of nitrogens with one attached hydrogen (secondary N) is 1. The lowest BCUT2D eigenvalue weighted by Crippen LogP contribution is -2.40. The van der Waals surface area contributed by atoms with Crippen LogP contribution in [0.25, 0.3) is 11.4 Å². The van der Waals surface area contributed by atoms with Crippen LogP contribution >= 0.6 is 0 Å². The van der Waals surface area contributed by atoms with Gasteiger partial charge in [-0.05, 0) is 25.0 Å². The van der Waals surface area contributed by atoms with Gasteiger partial charge in [-0.25, -0.2) is 9.97 Å². The summed E-state index contributed by atoms with van der Waals surface area (Å²) in [7, 11) is 0. The third-order valence-electron chi connectivity index (χ3n) is 4.26. The van der Waals surface area contributed by atoms with Gasteiger partial charge in [-0.3, -0.25) is 4.98 Å². The predicted molar refractivity (Wildman–Crippen MR) is 88.8 cm³/mol. The molecule has 2 rings (SSSR count). The Kier molecular flexibility index (Phi) is 5.62. The molecular formula is C17H21F3N4O. The van der Waals surface area contributed by atoms with Crippen LogP contribution in [0.5, 0.6) is 0 Å². The zero-order valence-corrected chi connectivity index (χ0v) is 14.3. The lowest BCUT2D eigenvalue weighted by Gasteiger charge is -2.30. The number of halogens is 3. The minimum atomic E-state index is -4.60. The number of hydrogen-bond donors (Lipinski definition) is 2. The summed E-state index contributed by atoms with van der Waals surface area (Å²) in [6, 6.07) is 3.92. The molecule has 25 heavy (non-hydrogen) atoms. The second-order valence-electron chi connectivity index (χ2n) is 6.22. The first-order valence-electron chi connectivity index (χ1n) is 7.96. The van der Waals surface area contributed by atoms with Gasteiger partial charge < -0.3 is 10.4 Å². The number of nitrogens with zero attached hydrogens (tertiary/aromatic N) is 3. The molecule has 0 amide bonds. The highest BCUT2D eigenvalue weighted by Crippen LogP contribution is 2.31. The summed E-state index contributed by atoms with van der Waals surface area (Å²) in [4.78, 5) is 11.6. The Hall–Kier alpha value is -2.22. The van der Waals surface area contributed by atoms with Crippen molar-refractivity contribution in [1.29, 1.82) is 0 Å². The Morgan fingerprint density at radius 2 is 1.84 bits per heavy atom. The van der Waals surface area contributed by atoms with Crippen LogP contribution < -0.4 is 5.32 Å². The fraction of sp³-hybridized carbons (Fsp3) is 0.471. The summed E-state index contributed by atoms with van der Waals surface area (Å²) in [6.45, 7) is 5.54. The van der Waals surface area contributed by atoms with E-state index in [-0.39, 0.29) is 24.1 Å². The first-order valence-corrected chi connectivity index (χ1v) is 7.96. The van der Waals surface area contributed by atoms with Crippen molar-refractivity contribution in [1.82, 2.24) is 15.0 Å².